The minimum Gasteiger partial charge on any atom is -0.495 e. The molecule has 0 spiro atoms. The molecule has 0 aliphatic heterocycles. The van der Waals surface area contributed by atoms with Crippen LogP contribution in [0.1, 0.15) is 19.3 Å². The van der Waals surface area contributed by atoms with Gasteiger partial charge in [-0.2, -0.15) is 0 Å². The van der Waals surface area contributed by atoms with Crippen LogP contribution in [-0.2, 0) is 4.79 Å². The Morgan fingerprint density at radius 1 is 1.38 bits per heavy atom. The molecule has 0 aromatic heterocycles. The molecule has 1 saturated carbocycles. The van der Waals surface area contributed by atoms with E-state index in [2.05, 4.69) is 10.6 Å². The molecule has 1 fully saturated rings. The van der Waals surface area contributed by atoms with Crippen molar-refractivity contribution in [2.75, 3.05) is 12.4 Å². The van der Waals surface area contributed by atoms with Crippen molar-refractivity contribution in [1.82, 2.24) is 5.32 Å². The van der Waals surface area contributed by atoms with Crippen LogP contribution in [0.25, 0.3) is 0 Å². The topological polar surface area (TPSA) is 87.7 Å². The van der Waals surface area contributed by atoms with Crippen LogP contribution < -0.4 is 15.4 Å². The quantitative estimate of drug-likeness (QED) is 0.797. The molecule has 0 heterocycles. The second kappa shape index (κ2) is 6.67. The first-order chi connectivity index (χ1) is 9.99. The summed E-state index contributed by atoms with van der Waals surface area (Å²) >= 11 is 5.98. The summed E-state index contributed by atoms with van der Waals surface area (Å²) in [6.07, 6.45) is 1.73. The lowest BCUT2D eigenvalue weighted by atomic mass is 10.1. The van der Waals surface area contributed by atoms with Gasteiger partial charge in [-0.25, -0.2) is 4.79 Å². The maximum absolute atomic E-state index is 11.9. The normalized spacial score (nSPS) is 20.9. The van der Waals surface area contributed by atoms with Gasteiger partial charge in [-0.05, 0) is 37.5 Å². The van der Waals surface area contributed by atoms with Gasteiger partial charge in [0, 0.05) is 11.7 Å². The highest BCUT2D eigenvalue weighted by Gasteiger charge is 2.30. The number of hydrogen-bond acceptors (Lipinski definition) is 3. The van der Waals surface area contributed by atoms with E-state index < -0.39 is 5.97 Å². The van der Waals surface area contributed by atoms with E-state index in [1.807, 2.05) is 0 Å². The number of rotatable bonds is 4. The molecule has 0 unspecified atom stereocenters. The van der Waals surface area contributed by atoms with Gasteiger partial charge >= 0.3 is 12.0 Å². The summed E-state index contributed by atoms with van der Waals surface area (Å²) in [6, 6.07) is 4.45. The molecular formula is C14H17ClN2O4. The number of halogens is 1. The van der Waals surface area contributed by atoms with Gasteiger partial charge in [0.05, 0.1) is 18.1 Å². The highest BCUT2D eigenvalue weighted by molar-refractivity contribution is 6.32. The van der Waals surface area contributed by atoms with Gasteiger partial charge in [0.2, 0.25) is 0 Å². The Kier molecular flexibility index (Phi) is 4.90. The van der Waals surface area contributed by atoms with Crippen LogP contribution >= 0.6 is 11.6 Å². The zero-order valence-corrected chi connectivity index (χ0v) is 12.3. The van der Waals surface area contributed by atoms with Gasteiger partial charge in [0.15, 0.2) is 0 Å². The molecule has 7 heteroatoms. The van der Waals surface area contributed by atoms with Crippen LogP contribution in [0.4, 0.5) is 10.5 Å². The van der Waals surface area contributed by atoms with Gasteiger partial charge in [-0.15, -0.1) is 0 Å². The second-order valence-corrected chi connectivity index (χ2v) is 5.40. The van der Waals surface area contributed by atoms with E-state index in [1.165, 1.54) is 7.11 Å². The van der Waals surface area contributed by atoms with Crippen LogP contribution in [-0.4, -0.2) is 30.3 Å². The number of hydrogen-bond donors (Lipinski definition) is 3. The summed E-state index contributed by atoms with van der Waals surface area (Å²) in [6.45, 7) is 0. The van der Waals surface area contributed by atoms with Crippen molar-refractivity contribution in [3.05, 3.63) is 23.2 Å². The SMILES string of the molecule is COc1ccc(NC(=O)N[C@H]2CC[C@@H](C(=O)O)C2)cc1Cl. The minimum absolute atomic E-state index is 0.111. The molecule has 6 nitrogen and oxygen atoms in total. The Bertz CT molecular complexity index is 550. The summed E-state index contributed by atoms with van der Waals surface area (Å²) in [5, 5.41) is 14.8. The number of carboxylic acids is 1. The van der Waals surface area contributed by atoms with Crippen molar-refractivity contribution < 1.29 is 19.4 Å². The zero-order valence-electron chi connectivity index (χ0n) is 11.6. The lowest BCUT2D eigenvalue weighted by Gasteiger charge is -2.14. The fraction of sp³-hybridized carbons (Fsp3) is 0.429. The molecule has 114 valence electrons. The van der Waals surface area contributed by atoms with Gasteiger partial charge in [0.1, 0.15) is 5.75 Å². The van der Waals surface area contributed by atoms with Crippen LogP contribution in [0.15, 0.2) is 18.2 Å². The summed E-state index contributed by atoms with van der Waals surface area (Å²) < 4.78 is 5.03. The number of anilines is 1. The van der Waals surface area contributed by atoms with E-state index in [9.17, 15) is 9.59 Å². The van der Waals surface area contributed by atoms with Crippen molar-refractivity contribution in [2.24, 2.45) is 5.92 Å². The number of carbonyl (C=O) groups excluding carboxylic acids is 1. The molecule has 0 bridgehead atoms. The Balaban J connectivity index is 1.88. The third-order valence-electron chi connectivity index (χ3n) is 3.53. The number of benzene rings is 1. The van der Waals surface area contributed by atoms with Crippen molar-refractivity contribution >= 4 is 29.3 Å². The Morgan fingerprint density at radius 2 is 2.14 bits per heavy atom. The van der Waals surface area contributed by atoms with E-state index in [0.29, 0.717) is 35.7 Å². The van der Waals surface area contributed by atoms with Crippen molar-refractivity contribution in [2.45, 2.75) is 25.3 Å². The third kappa shape index (κ3) is 4.01. The van der Waals surface area contributed by atoms with E-state index in [0.717, 1.165) is 0 Å². The molecule has 2 atom stereocenters. The van der Waals surface area contributed by atoms with Gasteiger partial charge < -0.3 is 20.5 Å². The largest absolute Gasteiger partial charge is 0.495 e. The van der Waals surface area contributed by atoms with Crippen LogP contribution in [0.3, 0.4) is 0 Å². The average molecular weight is 313 g/mol. The van der Waals surface area contributed by atoms with E-state index in [-0.39, 0.29) is 18.0 Å². The highest BCUT2D eigenvalue weighted by atomic mass is 35.5. The number of amides is 2. The number of nitrogens with one attached hydrogen (secondary N) is 2. The summed E-state index contributed by atoms with van der Waals surface area (Å²) in [5.74, 6) is -0.643. The Labute approximate surface area is 127 Å². The van der Waals surface area contributed by atoms with E-state index in [1.54, 1.807) is 18.2 Å². The molecule has 1 aliphatic carbocycles. The first-order valence-electron chi connectivity index (χ1n) is 6.63. The number of ether oxygens (including phenoxy) is 1. The highest BCUT2D eigenvalue weighted by Crippen LogP contribution is 2.28. The average Bonchev–Trinajstić information content (AvgIpc) is 2.87. The van der Waals surface area contributed by atoms with Crippen LogP contribution in [0, 0.1) is 5.92 Å². The molecule has 1 aromatic carbocycles. The number of carbonyl (C=O) groups is 2. The van der Waals surface area contributed by atoms with E-state index >= 15 is 0 Å². The predicted molar refractivity (Wildman–Crippen MR) is 78.9 cm³/mol. The van der Waals surface area contributed by atoms with Crippen LogP contribution in [0.2, 0.25) is 5.02 Å². The van der Waals surface area contributed by atoms with Gasteiger partial charge in [-0.1, -0.05) is 11.6 Å². The fourth-order valence-electron chi connectivity index (χ4n) is 2.43. The molecular weight excluding hydrogens is 296 g/mol. The van der Waals surface area contributed by atoms with Gasteiger partial charge in [-0.3, -0.25) is 4.79 Å². The first-order valence-corrected chi connectivity index (χ1v) is 7.01. The second-order valence-electron chi connectivity index (χ2n) is 4.99. The minimum atomic E-state index is -0.804. The molecule has 1 aliphatic rings. The first kappa shape index (κ1) is 15.4. The predicted octanol–water partition coefficient (Wildman–Crippen LogP) is 2.72. The molecule has 0 radical (unpaired) electrons. The van der Waals surface area contributed by atoms with Crippen molar-refractivity contribution in [3.8, 4) is 5.75 Å². The lowest BCUT2D eigenvalue weighted by Crippen LogP contribution is -2.36. The van der Waals surface area contributed by atoms with Gasteiger partial charge in [0.25, 0.3) is 0 Å². The molecule has 0 saturated heterocycles. The Hall–Kier alpha value is -1.95. The molecule has 2 amide bonds. The van der Waals surface area contributed by atoms with E-state index in [4.69, 9.17) is 21.4 Å². The number of carboxylic acid groups (broad SMARTS) is 1. The molecule has 2 rings (SSSR count). The summed E-state index contributed by atoms with van der Waals surface area (Å²) in [5.41, 5.74) is 0.547. The monoisotopic (exact) mass is 312 g/mol. The molecule has 1 aromatic rings. The Morgan fingerprint density at radius 3 is 2.71 bits per heavy atom. The summed E-state index contributed by atoms with van der Waals surface area (Å²) in [7, 11) is 1.51. The fourth-order valence-corrected chi connectivity index (χ4v) is 2.69. The number of urea groups is 1. The maximum atomic E-state index is 11.9. The van der Waals surface area contributed by atoms with Crippen LogP contribution in [0.5, 0.6) is 5.75 Å². The van der Waals surface area contributed by atoms with Crippen molar-refractivity contribution in [3.63, 3.8) is 0 Å². The standard InChI is InChI=1S/C14H17ClN2O4/c1-21-12-5-4-10(7-11(12)15)17-14(20)16-9-3-2-8(6-9)13(18)19/h4-5,7-9H,2-3,6H2,1H3,(H,18,19)(H2,16,17,20)/t8-,9+/m1/s1. The maximum Gasteiger partial charge on any atom is 0.319 e. The molecule has 3 N–H and O–H groups in total. The smallest absolute Gasteiger partial charge is 0.319 e. The number of methoxy groups -OCH3 is 1. The van der Waals surface area contributed by atoms with Crippen molar-refractivity contribution in [1.29, 1.82) is 0 Å². The molecule has 21 heavy (non-hydrogen) atoms. The summed E-state index contributed by atoms with van der Waals surface area (Å²) in [4.78, 5) is 22.7. The number of aliphatic carboxylic acids is 1. The third-order valence-corrected chi connectivity index (χ3v) is 3.82. The zero-order chi connectivity index (χ0) is 15.4. The lowest BCUT2D eigenvalue weighted by molar-refractivity contribution is -0.141.